The van der Waals surface area contributed by atoms with Gasteiger partial charge in [-0.1, -0.05) is 26.0 Å². The molecule has 2 unspecified atom stereocenters. The fourth-order valence-electron chi connectivity index (χ4n) is 6.05. The minimum Gasteiger partial charge on any atom is -0.392 e. The number of carbonyl (C=O) groups is 1. The van der Waals surface area contributed by atoms with Crippen LogP contribution in [0.5, 0.6) is 0 Å². The number of hydrogen-bond donors (Lipinski definition) is 4. The highest BCUT2D eigenvalue weighted by Gasteiger charge is 2.73. The van der Waals surface area contributed by atoms with Crippen molar-refractivity contribution in [1.29, 1.82) is 0 Å². The molecule has 2 saturated carbocycles. The number of Topliss-reactive ketones (excluding diaryl/α,β-unsaturated/α-hetero) is 1. The molecular weight excluding hydrogens is 308 g/mol. The van der Waals surface area contributed by atoms with Gasteiger partial charge in [0.2, 0.25) is 0 Å². The summed E-state index contributed by atoms with van der Waals surface area (Å²) in [5.41, 5.74) is -2.49. The smallest absolute Gasteiger partial charge is 0.153 e. The van der Waals surface area contributed by atoms with Crippen LogP contribution in [0.3, 0.4) is 0 Å². The second kappa shape index (κ2) is 4.58. The van der Waals surface area contributed by atoms with Crippen LogP contribution in [0, 0.1) is 28.6 Å². The Hall–Kier alpha value is -1.01. The number of carbonyl (C=O) groups excluding carboxylic acids is 1. The molecule has 0 radical (unpaired) electrons. The summed E-state index contributed by atoms with van der Waals surface area (Å²) in [6.45, 7) is 5.54. The first-order valence-corrected chi connectivity index (χ1v) is 8.76. The van der Waals surface area contributed by atoms with E-state index in [0.29, 0.717) is 17.9 Å². The number of hydrogen-bond acceptors (Lipinski definition) is 5. The molecule has 0 amide bonds. The van der Waals surface area contributed by atoms with Crippen LogP contribution in [0.25, 0.3) is 0 Å². The Morgan fingerprint density at radius 2 is 1.92 bits per heavy atom. The molecule has 24 heavy (non-hydrogen) atoms. The van der Waals surface area contributed by atoms with E-state index in [1.165, 1.54) is 0 Å². The van der Waals surface area contributed by atoms with E-state index < -0.39 is 35.7 Å². The van der Waals surface area contributed by atoms with E-state index in [9.17, 15) is 25.2 Å². The molecule has 0 heterocycles. The number of rotatable bonds is 1. The summed E-state index contributed by atoms with van der Waals surface area (Å²) in [6.07, 6.45) is 1.78. The number of aliphatic hydroxyl groups excluding tert-OH is 3. The molecule has 0 saturated heterocycles. The van der Waals surface area contributed by atoms with Gasteiger partial charge in [0.05, 0.1) is 12.0 Å². The average molecular weight is 334 g/mol. The molecule has 7 atom stereocenters. The van der Waals surface area contributed by atoms with Gasteiger partial charge >= 0.3 is 0 Å². The summed E-state index contributed by atoms with van der Waals surface area (Å²) >= 11 is 0. The molecular formula is C19H26O5. The molecule has 5 nitrogen and oxygen atoms in total. The summed E-state index contributed by atoms with van der Waals surface area (Å²) in [7, 11) is 0. The average Bonchev–Trinajstić information content (AvgIpc) is 3.07. The van der Waals surface area contributed by atoms with Crippen LogP contribution >= 0.6 is 0 Å². The van der Waals surface area contributed by atoms with Gasteiger partial charge in [0.15, 0.2) is 5.78 Å². The highest BCUT2D eigenvalue weighted by molar-refractivity contribution is 5.95. The van der Waals surface area contributed by atoms with E-state index in [0.717, 1.165) is 6.42 Å². The van der Waals surface area contributed by atoms with Crippen molar-refractivity contribution in [2.24, 2.45) is 28.6 Å². The van der Waals surface area contributed by atoms with Crippen molar-refractivity contribution in [1.82, 2.24) is 0 Å². The first-order valence-electron chi connectivity index (χ1n) is 8.76. The molecule has 0 aliphatic heterocycles. The molecule has 0 aromatic rings. The fraction of sp³-hybridized carbons (Fsp3) is 0.737. The molecule has 4 N–H and O–H groups in total. The third kappa shape index (κ3) is 1.57. The Kier molecular flexibility index (Phi) is 3.14. The van der Waals surface area contributed by atoms with Crippen molar-refractivity contribution in [2.75, 3.05) is 6.61 Å². The van der Waals surface area contributed by atoms with E-state index in [-0.39, 0.29) is 22.7 Å². The zero-order valence-corrected chi connectivity index (χ0v) is 14.4. The van der Waals surface area contributed by atoms with Crippen molar-refractivity contribution in [3.8, 4) is 0 Å². The molecule has 2 bridgehead atoms. The Labute approximate surface area is 141 Å². The molecule has 2 fully saturated rings. The van der Waals surface area contributed by atoms with Crippen LogP contribution in [-0.2, 0) is 4.79 Å². The zero-order valence-electron chi connectivity index (χ0n) is 14.4. The number of fused-ring (bicyclic) bond motifs is 3. The van der Waals surface area contributed by atoms with E-state index in [1.54, 1.807) is 19.1 Å². The first-order chi connectivity index (χ1) is 11.1. The molecule has 0 aromatic heterocycles. The van der Waals surface area contributed by atoms with Crippen LogP contribution in [0.15, 0.2) is 23.3 Å². The Morgan fingerprint density at radius 1 is 1.25 bits per heavy atom. The van der Waals surface area contributed by atoms with E-state index in [1.807, 2.05) is 0 Å². The van der Waals surface area contributed by atoms with Crippen LogP contribution in [-0.4, -0.2) is 50.6 Å². The maximum absolute atomic E-state index is 13.5. The SMILES string of the molecule is CC1=C[C@@]23CCC4C([C@H](C=C(CO)[C@@H](O)[C@]2(O)[C@H]1O)C3=O)C4(C)C. The predicted molar refractivity (Wildman–Crippen MR) is 86.8 cm³/mol. The second-order valence-corrected chi connectivity index (χ2v) is 8.77. The van der Waals surface area contributed by atoms with Gasteiger partial charge in [-0.25, -0.2) is 0 Å². The van der Waals surface area contributed by atoms with Gasteiger partial charge in [-0.3, -0.25) is 4.79 Å². The second-order valence-electron chi connectivity index (χ2n) is 8.77. The van der Waals surface area contributed by atoms with Crippen LogP contribution in [0.4, 0.5) is 0 Å². The quantitative estimate of drug-likeness (QED) is 0.526. The van der Waals surface area contributed by atoms with Crippen molar-refractivity contribution in [3.05, 3.63) is 23.3 Å². The molecule has 1 spiro atoms. The van der Waals surface area contributed by atoms with Crippen LogP contribution in [0.1, 0.15) is 33.6 Å². The van der Waals surface area contributed by atoms with Crippen molar-refractivity contribution in [3.63, 3.8) is 0 Å². The topological polar surface area (TPSA) is 98.0 Å². The van der Waals surface area contributed by atoms with Crippen molar-refractivity contribution < 1.29 is 25.2 Å². The maximum Gasteiger partial charge on any atom is 0.153 e. The van der Waals surface area contributed by atoms with Gasteiger partial charge in [-0.05, 0) is 48.2 Å². The van der Waals surface area contributed by atoms with Gasteiger partial charge in [0.1, 0.15) is 17.8 Å². The summed E-state index contributed by atoms with van der Waals surface area (Å²) in [6, 6.07) is 0. The first kappa shape index (κ1) is 16.5. The lowest BCUT2D eigenvalue weighted by molar-refractivity contribution is -0.181. The van der Waals surface area contributed by atoms with Gasteiger partial charge in [-0.15, -0.1) is 0 Å². The molecule has 4 aliphatic rings. The fourth-order valence-corrected chi connectivity index (χ4v) is 6.05. The standard InChI is InChI=1S/C19H26O5/c1-9-7-18-5-4-12-13(17(12,2)3)11(16(18)23)6-10(8-20)15(22)19(18,24)14(9)21/h6-7,11-15,20-22,24H,4-5,8H2,1-3H3/t11-,12?,13?,14-,15+,18+,19+/m0/s1. The summed E-state index contributed by atoms with van der Waals surface area (Å²) in [5.74, 6) is -0.0194. The predicted octanol–water partition coefficient (Wildman–Crippen LogP) is 0.569. The van der Waals surface area contributed by atoms with Gasteiger partial charge < -0.3 is 20.4 Å². The molecule has 5 heteroatoms. The van der Waals surface area contributed by atoms with E-state index in [2.05, 4.69) is 13.8 Å². The molecule has 132 valence electrons. The normalized spacial score (nSPS) is 51.8. The van der Waals surface area contributed by atoms with E-state index in [4.69, 9.17) is 0 Å². The number of allylic oxidation sites excluding steroid dienone is 1. The molecule has 0 aromatic carbocycles. The van der Waals surface area contributed by atoms with Crippen molar-refractivity contribution >= 4 is 5.78 Å². The van der Waals surface area contributed by atoms with Gasteiger partial charge in [0.25, 0.3) is 0 Å². The Balaban J connectivity index is 1.95. The highest BCUT2D eigenvalue weighted by atomic mass is 16.4. The third-order valence-corrected chi connectivity index (χ3v) is 7.50. The van der Waals surface area contributed by atoms with Gasteiger partial charge in [-0.2, -0.15) is 0 Å². The lowest BCUT2D eigenvalue weighted by Crippen LogP contribution is -2.63. The minimum absolute atomic E-state index is 0.0440. The van der Waals surface area contributed by atoms with E-state index >= 15 is 0 Å². The third-order valence-electron chi connectivity index (χ3n) is 7.50. The molecule has 4 rings (SSSR count). The molecule has 4 aliphatic carbocycles. The Bertz CT molecular complexity index is 677. The number of ketones is 1. The monoisotopic (exact) mass is 334 g/mol. The summed E-state index contributed by atoms with van der Waals surface area (Å²) in [5, 5.41) is 42.6. The lowest BCUT2D eigenvalue weighted by Gasteiger charge is -2.45. The highest BCUT2D eigenvalue weighted by Crippen LogP contribution is 2.70. The Morgan fingerprint density at radius 3 is 2.54 bits per heavy atom. The van der Waals surface area contributed by atoms with Crippen molar-refractivity contribution in [2.45, 2.75) is 51.4 Å². The van der Waals surface area contributed by atoms with Gasteiger partial charge in [0, 0.05) is 5.92 Å². The minimum atomic E-state index is -2.00. The summed E-state index contributed by atoms with van der Waals surface area (Å²) < 4.78 is 0. The zero-order chi connectivity index (χ0) is 17.7. The lowest BCUT2D eigenvalue weighted by atomic mass is 9.63. The van der Waals surface area contributed by atoms with Crippen LogP contribution in [0.2, 0.25) is 0 Å². The summed E-state index contributed by atoms with van der Waals surface area (Å²) in [4.78, 5) is 13.5. The largest absolute Gasteiger partial charge is 0.392 e. The maximum atomic E-state index is 13.5. The van der Waals surface area contributed by atoms with Crippen LogP contribution < -0.4 is 0 Å². The number of aliphatic hydroxyl groups is 4.